The van der Waals surface area contributed by atoms with E-state index in [1.54, 1.807) is 7.05 Å². The number of amides is 1. The molecule has 5 nitrogen and oxygen atoms in total. The number of nitrogens with one attached hydrogen (secondary N) is 1. The van der Waals surface area contributed by atoms with E-state index in [0.717, 1.165) is 13.0 Å². The van der Waals surface area contributed by atoms with Gasteiger partial charge in [-0.3, -0.25) is 9.59 Å². The van der Waals surface area contributed by atoms with Gasteiger partial charge in [-0.15, -0.1) is 0 Å². The minimum absolute atomic E-state index is 0.00139. The van der Waals surface area contributed by atoms with Gasteiger partial charge in [0.05, 0.1) is 6.42 Å². The van der Waals surface area contributed by atoms with Crippen molar-refractivity contribution in [2.75, 3.05) is 27.2 Å². The van der Waals surface area contributed by atoms with Crippen molar-refractivity contribution in [3.05, 3.63) is 0 Å². The number of carbonyl (C=O) groups excluding carboxylic acids is 1. The average Bonchev–Trinajstić information content (AvgIpc) is 2.14. The van der Waals surface area contributed by atoms with Crippen LogP contribution in [0.3, 0.4) is 0 Å². The highest BCUT2D eigenvalue weighted by Crippen LogP contribution is 1.96. The van der Waals surface area contributed by atoms with Crippen LogP contribution in [0.5, 0.6) is 0 Å². The van der Waals surface area contributed by atoms with E-state index in [2.05, 4.69) is 5.32 Å². The lowest BCUT2D eigenvalue weighted by atomic mass is 10.2. The maximum atomic E-state index is 11.3. The Hall–Kier alpha value is -1.10. The van der Waals surface area contributed by atoms with Crippen LogP contribution in [0.4, 0.5) is 0 Å². The number of rotatable bonds is 7. The molecule has 0 saturated heterocycles. The first-order chi connectivity index (χ1) is 6.57. The average molecular weight is 202 g/mol. The van der Waals surface area contributed by atoms with Crippen molar-refractivity contribution >= 4 is 11.9 Å². The van der Waals surface area contributed by atoms with Gasteiger partial charge in [-0.25, -0.2) is 0 Å². The highest BCUT2D eigenvalue weighted by Gasteiger charge is 2.09. The first-order valence-electron chi connectivity index (χ1n) is 4.68. The fourth-order valence-electron chi connectivity index (χ4n) is 0.995. The van der Waals surface area contributed by atoms with Gasteiger partial charge >= 0.3 is 5.97 Å². The minimum atomic E-state index is -0.875. The van der Waals surface area contributed by atoms with Gasteiger partial charge in [0, 0.05) is 20.0 Å². The summed E-state index contributed by atoms with van der Waals surface area (Å²) >= 11 is 0. The Morgan fingerprint density at radius 1 is 1.36 bits per heavy atom. The number of carboxylic acid groups (broad SMARTS) is 1. The van der Waals surface area contributed by atoms with E-state index in [4.69, 9.17) is 5.11 Å². The summed E-state index contributed by atoms with van der Waals surface area (Å²) in [6.45, 7) is 1.09. The second kappa shape index (κ2) is 7.32. The van der Waals surface area contributed by atoms with E-state index >= 15 is 0 Å². The third kappa shape index (κ3) is 6.42. The summed E-state index contributed by atoms with van der Waals surface area (Å²) in [7, 11) is 3.46. The third-order valence-electron chi connectivity index (χ3n) is 1.90. The molecule has 0 atom stereocenters. The normalized spacial score (nSPS) is 9.86. The van der Waals surface area contributed by atoms with Crippen LogP contribution < -0.4 is 5.32 Å². The minimum Gasteiger partial charge on any atom is -0.481 e. The standard InChI is InChI=1S/C9H18N2O3/c1-10-6-3-4-8(12)11(2)7-5-9(13)14/h10H,3-7H2,1-2H3,(H,13,14). The van der Waals surface area contributed by atoms with Gasteiger partial charge in [-0.1, -0.05) is 0 Å². The first kappa shape index (κ1) is 12.9. The van der Waals surface area contributed by atoms with Crippen LogP contribution in [-0.2, 0) is 9.59 Å². The van der Waals surface area contributed by atoms with Crippen molar-refractivity contribution in [2.24, 2.45) is 0 Å². The Kier molecular flexibility index (Phi) is 6.74. The van der Waals surface area contributed by atoms with E-state index in [0.29, 0.717) is 6.42 Å². The highest BCUT2D eigenvalue weighted by atomic mass is 16.4. The SMILES string of the molecule is CNCCCC(=O)N(C)CCC(=O)O. The summed E-state index contributed by atoms with van der Waals surface area (Å²) in [6, 6.07) is 0. The lowest BCUT2D eigenvalue weighted by Crippen LogP contribution is -2.29. The molecule has 0 aliphatic heterocycles. The summed E-state index contributed by atoms with van der Waals surface area (Å²) in [5.41, 5.74) is 0. The Balaban J connectivity index is 3.59. The summed E-state index contributed by atoms with van der Waals surface area (Å²) in [5.74, 6) is -0.874. The fourth-order valence-corrected chi connectivity index (χ4v) is 0.995. The summed E-state index contributed by atoms with van der Waals surface area (Å²) in [6.07, 6.45) is 1.26. The summed E-state index contributed by atoms with van der Waals surface area (Å²) in [4.78, 5) is 23.0. The van der Waals surface area contributed by atoms with Gasteiger partial charge in [-0.2, -0.15) is 0 Å². The topological polar surface area (TPSA) is 69.6 Å². The van der Waals surface area contributed by atoms with Gasteiger partial charge in [0.2, 0.25) is 5.91 Å². The molecule has 0 aromatic rings. The van der Waals surface area contributed by atoms with Gasteiger partial charge in [0.15, 0.2) is 0 Å². The van der Waals surface area contributed by atoms with Crippen molar-refractivity contribution in [3.8, 4) is 0 Å². The molecule has 5 heteroatoms. The second-order valence-electron chi connectivity index (χ2n) is 3.17. The van der Waals surface area contributed by atoms with Gasteiger partial charge < -0.3 is 15.3 Å². The van der Waals surface area contributed by atoms with Gasteiger partial charge in [0.1, 0.15) is 0 Å². The number of nitrogens with zero attached hydrogens (tertiary/aromatic N) is 1. The zero-order valence-corrected chi connectivity index (χ0v) is 8.75. The predicted molar refractivity (Wildman–Crippen MR) is 53.1 cm³/mol. The molecule has 0 heterocycles. The van der Waals surface area contributed by atoms with Crippen LogP contribution in [0.1, 0.15) is 19.3 Å². The molecule has 0 saturated carbocycles. The molecule has 14 heavy (non-hydrogen) atoms. The molecular formula is C9H18N2O3. The first-order valence-corrected chi connectivity index (χ1v) is 4.68. The highest BCUT2D eigenvalue weighted by molar-refractivity contribution is 5.76. The smallest absolute Gasteiger partial charge is 0.305 e. The molecule has 0 aliphatic carbocycles. The molecule has 0 rings (SSSR count). The second-order valence-corrected chi connectivity index (χ2v) is 3.17. The van der Waals surface area contributed by atoms with Crippen LogP contribution in [0, 0.1) is 0 Å². The van der Waals surface area contributed by atoms with E-state index in [1.807, 2.05) is 7.05 Å². The third-order valence-corrected chi connectivity index (χ3v) is 1.90. The fraction of sp³-hybridized carbons (Fsp3) is 0.778. The van der Waals surface area contributed by atoms with Crippen LogP contribution in [0.25, 0.3) is 0 Å². The Labute approximate surface area is 84.1 Å². The zero-order chi connectivity index (χ0) is 11.0. The van der Waals surface area contributed by atoms with Crippen molar-refractivity contribution in [2.45, 2.75) is 19.3 Å². The molecule has 0 spiro atoms. The van der Waals surface area contributed by atoms with Crippen LogP contribution >= 0.6 is 0 Å². The molecule has 0 aromatic heterocycles. The quantitative estimate of drug-likeness (QED) is 0.566. The largest absolute Gasteiger partial charge is 0.481 e. The number of hydrogen-bond acceptors (Lipinski definition) is 3. The maximum absolute atomic E-state index is 11.3. The van der Waals surface area contributed by atoms with E-state index < -0.39 is 5.97 Å². The van der Waals surface area contributed by atoms with E-state index in [-0.39, 0.29) is 18.9 Å². The molecule has 0 aliphatic rings. The number of carbonyl (C=O) groups is 2. The number of carboxylic acids is 1. The van der Waals surface area contributed by atoms with Crippen LogP contribution in [0.15, 0.2) is 0 Å². The molecule has 0 aromatic carbocycles. The van der Waals surface area contributed by atoms with Gasteiger partial charge in [0.25, 0.3) is 0 Å². The lowest BCUT2D eigenvalue weighted by Gasteiger charge is -2.15. The molecule has 0 fully saturated rings. The molecule has 0 unspecified atom stereocenters. The van der Waals surface area contributed by atoms with Crippen molar-refractivity contribution in [3.63, 3.8) is 0 Å². The van der Waals surface area contributed by atoms with Crippen LogP contribution in [-0.4, -0.2) is 49.1 Å². The molecule has 2 N–H and O–H groups in total. The van der Waals surface area contributed by atoms with E-state index in [9.17, 15) is 9.59 Å². The summed E-state index contributed by atoms with van der Waals surface area (Å²) in [5, 5.41) is 11.4. The lowest BCUT2D eigenvalue weighted by molar-refractivity contribution is -0.138. The van der Waals surface area contributed by atoms with E-state index in [1.165, 1.54) is 4.90 Å². The number of aliphatic carboxylic acids is 1. The predicted octanol–water partition coefficient (Wildman–Crippen LogP) is -0.0809. The Bertz CT molecular complexity index is 194. The Morgan fingerprint density at radius 3 is 2.50 bits per heavy atom. The molecular weight excluding hydrogens is 184 g/mol. The summed E-state index contributed by atoms with van der Waals surface area (Å²) < 4.78 is 0. The van der Waals surface area contributed by atoms with Crippen molar-refractivity contribution in [1.29, 1.82) is 0 Å². The van der Waals surface area contributed by atoms with Crippen molar-refractivity contribution < 1.29 is 14.7 Å². The zero-order valence-electron chi connectivity index (χ0n) is 8.75. The molecule has 1 amide bonds. The van der Waals surface area contributed by atoms with Gasteiger partial charge in [-0.05, 0) is 20.0 Å². The Morgan fingerprint density at radius 2 is 2.00 bits per heavy atom. The monoisotopic (exact) mass is 202 g/mol. The van der Waals surface area contributed by atoms with Crippen molar-refractivity contribution in [1.82, 2.24) is 10.2 Å². The molecule has 0 radical (unpaired) electrons. The maximum Gasteiger partial charge on any atom is 0.305 e. The van der Waals surface area contributed by atoms with Crippen LogP contribution in [0.2, 0.25) is 0 Å². The molecule has 0 bridgehead atoms. The molecule has 82 valence electrons. The number of hydrogen-bond donors (Lipinski definition) is 2.